The van der Waals surface area contributed by atoms with Gasteiger partial charge >= 0.3 is 5.97 Å². The van der Waals surface area contributed by atoms with Gasteiger partial charge in [-0.25, -0.2) is 4.79 Å². The topological polar surface area (TPSA) is 61.8 Å². The number of benzene rings is 2. The molecule has 3 rings (SSSR count). The molecule has 118 valence electrons. The minimum atomic E-state index is -0.637. The Hall–Kier alpha value is -2.82. The van der Waals surface area contributed by atoms with Crippen LogP contribution in [0.25, 0.3) is 0 Å². The molecule has 1 aliphatic rings. The summed E-state index contributed by atoms with van der Waals surface area (Å²) in [4.78, 5) is 23.9. The van der Waals surface area contributed by atoms with Crippen molar-refractivity contribution in [3.63, 3.8) is 0 Å². The molecule has 0 fully saturated rings. The lowest BCUT2D eigenvalue weighted by atomic mass is 10.0. The van der Waals surface area contributed by atoms with Crippen molar-refractivity contribution in [2.24, 2.45) is 0 Å². The lowest BCUT2D eigenvalue weighted by Gasteiger charge is -2.13. The number of aldehydes is 1. The summed E-state index contributed by atoms with van der Waals surface area (Å²) in [6.45, 7) is 4.04. The molecular formula is C18H16O5. The van der Waals surface area contributed by atoms with Crippen LogP contribution < -0.4 is 14.2 Å². The Kier molecular flexibility index (Phi) is 4.02. The van der Waals surface area contributed by atoms with Gasteiger partial charge in [-0.3, -0.25) is 4.79 Å². The van der Waals surface area contributed by atoms with Gasteiger partial charge in [0, 0.05) is 5.56 Å². The monoisotopic (exact) mass is 312 g/mol. The fourth-order valence-corrected chi connectivity index (χ4v) is 2.50. The predicted octanol–water partition coefficient (Wildman–Crippen LogP) is 3.57. The third-order valence-corrected chi connectivity index (χ3v) is 3.65. The van der Waals surface area contributed by atoms with Gasteiger partial charge in [-0.1, -0.05) is 32.0 Å². The van der Waals surface area contributed by atoms with Gasteiger partial charge in [0.25, 0.3) is 0 Å². The van der Waals surface area contributed by atoms with E-state index in [9.17, 15) is 9.59 Å². The number of para-hydroxylation sites is 1. The lowest BCUT2D eigenvalue weighted by Crippen LogP contribution is -2.13. The van der Waals surface area contributed by atoms with E-state index in [1.807, 2.05) is 26.0 Å². The smallest absolute Gasteiger partial charge is 0.348 e. The number of rotatable bonds is 4. The second-order valence-corrected chi connectivity index (χ2v) is 5.46. The van der Waals surface area contributed by atoms with Gasteiger partial charge in [0.15, 0.2) is 17.8 Å². The van der Waals surface area contributed by atoms with Gasteiger partial charge in [0.2, 0.25) is 6.79 Å². The number of carbonyl (C=O) groups is 2. The van der Waals surface area contributed by atoms with E-state index in [1.54, 1.807) is 18.2 Å². The molecule has 0 bridgehead atoms. The van der Waals surface area contributed by atoms with Crippen LogP contribution in [-0.2, 0) is 0 Å². The highest BCUT2D eigenvalue weighted by molar-refractivity contribution is 6.02. The number of esters is 1. The minimum absolute atomic E-state index is 0.0144. The summed E-state index contributed by atoms with van der Waals surface area (Å²) < 4.78 is 16.1. The summed E-state index contributed by atoms with van der Waals surface area (Å²) in [5, 5.41) is 0. The number of hydrogen-bond donors (Lipinski definition) is 0. The number of ether oxygens (including phenoxy) is 3. The first kappa shape index (κ1) is 15.1. The van der Waals surface area contributed by atoms with Crippen LogP contribution in [0.1, 0.15) is 46.0 Å². The fraction of sp³-hybridized carbons (Fsp3) is 0.222. The number of fused-ring (bicyclic) bond motifs is 1. The first-order valence-corrected chi connectivity index (χ1v) is 7.30. The zero-order chi connectivity index (χ0) is 16.4. The molecule has 1 aliphatic heterocycles. The molecule has 0 saturated heterocycles. The predicted molar refractivity (Wildman–Crippen MR) is 83.4 cm³/mol. The van der Waals surface area contributed by atoms with Crippen LogP contribution in [-0.4, -0.2) is 19.0 Å². The first-order valence-electron chi connectivity index (χ1n) is 7.30. The van der Waals surface area contributed by atoms with Gasteiger partial charge in [0.1, 0.15) is 11.3 Å². The molecule has 0 aromatic heterocycles. The summed E-state index contributed by atoms with van der Waals surface area (Å²) in [7, 11) is 0. The maximum absolute atomic E-state index is 12.6. The van der Waals surface area contributed by atoms with E-state index < -0.39 is 5.97 Å². The van der Waals surface area contributed by atoms with Crippen LogP contribution in [0.4, 0.5) is 0 Å². The molecule has 5 nitrogen and oxygen atoms in total. The van der Waals surface area contributed by atoms with Crippen molar-refractivity contribution in [1.29, 1.82) is 0 Å². The largest absolute Gasteiger partial charge is 0.454 e. The average Bonchev–Trinajstić information content (AvgIpc) is 3.02. The molecule has 5 heteroatoms. The molecule has 0 amide bonds. The third-order valence-electron chi connectivity index (χ3n) is 3.65. The third kappa shape index (κ3) is 2.77. The van der Waals surface area contributed by atoms with E-state index in [0.717, 1.165) is 5.56 Å². The van der Waals surface area contributed by atoms with Crippen LogP contribution >= 0.6 is 0 Å². The van der Waals surface area contributed by atoms with E-state index in [1.165, 1.54) is 6.07 Å². The van der Waals surface area contributed by atoms with Crippen molar-refractivity contribution in [2.75, 3.05) is 6.79 Å². The molecule has 23 heavy (non-hydrogen) atoms. The Labute approximate surface area is 133 Å². The normalized spacial score (nSPS) is 12.3. The van der Waals surface area contributed by atoms with E-state index in [4.69, 9.17) is 14.2 Å². The number of hydrogen-bond acceptors (Lipinski definition) is 5. The van der Waals surface area contributed by atoms with Crippen LogP contribution in [0.15, 0.2) is 36.4 Å². The van der Waals surface area contributed by atoms with E-state index in [0.29, 0.717) is 17.8 Å². The Morgan fingerprint density at radius 1 is 1.17 bits per heavy atom. The molecule has 0 aliphatic carbocycles. The maximum Gasteiger partial charge on any atom is 0.348 e. The van der Waals surface area contributed by atoms with Crippen molar-refractivity contribution < 1.29 is 23.8 Å². The highest BCUT2D eigenvalue weighted by Gasteiger charge is 2.27. The molecular weight excluding hydrogens is 296 g/mol. The minimum Gasteiger partial charge on any atom is -0.454 e. The van der Waals surface area contributed by atoms with E-state index >= 15 is 0 Å². The van der Waals surface area contributed by atoms with Crippen LogP contribution in [0.2, 0.25) is 0 Å². The average molecular weight is 312 g/mol. The molecule has 0 radical (unpaired) electrons. The van der Waals surface area contributed by atoms with Gasteiger partial charge in [-0.2, -0.15) is 0 Å². The van der Waals surface area contributed by atoms with Crippen LogP contribution in [0.5, 0.6) is 17.2 Å². The highest BCUT2D eigenvalue weighted by atomic mass is 16.7. The van der Waals surface area contributed by atoms with Crippen LogP contribution in [0.3, 0.4) is 0 Å². The van der Waals surface area contributed by atoms with Gasteiger partial charge in [0.05, 0.1) is 0 Å². The highest BCUT2D eigenvalue weighted by Crippen LogP contribution is 2.38. The second kappa shape index (κ2) is 6.12. The van der Waals surface area contributed by atoms with Crippen LogP contribution in [0, 0.1) is 0 Å². The fourth-order valence-electron chi connectivity index (χ4n) is 2.50. The van der Waals surface area contributed by atoms with Crippen molar-refractivity contribution in [2.45, 2.75) is 19.8 Å². The summed E-state index contributed by atoms with van der Waals surface area (Å²) in [6.07, 6.45) is 0.604. The summed E-state index contributed by atoms with van der Waals surface area (Å²) >= 11 is 0. The van der Waals surface area contributed by atoms with Crippen molar-refractivity contribution in [1.82, 2.24) is 0 Å². The summed E-state index contributed by atoms with van der Waals surface area (Å²) in [5.74, 6) is 0.718. The Bertz CT molecular complexity index is 764. The first-order chi connectivity index (χ1) is 11.1. The summed E-state index contributed by atoms with van der Waals surface area (Å²) in [6, 6.07) is 10.4. The molecule has 0 unspecified atom stereocenters. The van der Waals surface area contributed by atoms with Gasteiger partial charge in [-0.15, -0.1) is 0 Å². The Morgan fingerprint density at radius 3 is 2.70 bits per heavy atom. The molecule has 0 N–H and O–H groups in total. The van der Waals surface area contributed by atoms with Crippen molar-refractivity contribution >= 4 is 12.3 Å². The summed E-state index contributed by atoms with van der Waals surface area (Å²) in [5.41, 5.74) is 1.22. The van der Waals surface area contributed by atoms with Gasteiger partial charge in [-0.05, 0) is 29.7 Å². The molecule has 0 spiro atoms. The Balaban J connectivity index is 1.99. The molecule has 0 atom stereocenters. The van der Waals surface area contributed by atoms with Gasteiger partial charge < -0.3 is 14.2 Å². The molecule has 0 saturated carbocycles. The standard InChI is InChI=1S/C18H16O5/c1-11(2)13-5-3-4-6-14(13)23-18(20)16-12(9-19)7-8-15-17(16)22-10-21-15/h3-9,11H,10H2,1-2H3. The zero-order valence-electron chi connectivity index (χ0n) is 12.9. The second-order valence-electron chi connectivity index (χ2n) is 5.46. The van der Waals surface area contributed by atoms with Crippen molar-refractivity contribution in [3.05, 3.63) is 53.1 Å². The van der Waals surface area contributed by atoms with E-state index in [2.05, 4.69) is 0 Å². The molecule has 1 heterocycles. The quantitative estimate of drug-likeness (QED) is 0.490. The van der Waals surface area contributed by atoms with E-state index in [-0.39, 0.29) is 29.6 Å². The molecule has 2 aromatic carbocycles. The molecule has 2 aromatic rings. The number of carbonyl (C=O) groups excluding carboxylic acids is 2. The maximum atomic E-state index is 12.6. The lowest BCUT2D eigenvalue weighted by molar-refractivity contribution is 0.0725. The SMILES string of the molecule is CC(C)c1ccccc1OC(=O)c1c(C=O)ccc2c1OCO2. The van der Waals surface area contributed by atoms with Crippen molar-refractivity contribution in [3.8, 4) is 17.2 Å². The zero-order valence-corrected chi connectivity index (χ0v) is 12.9. The Morgan fingerprint density at radius 2 is 1.96 bits per heavy atom.